The second-order valence-electron chi connectivity index (χ2n) is 3.71. The molecule has 0 aliphatic rings. The molecule has 3 nitrogen and oxygen atoms in total. The predicted octanol–water partition coefficient (Wildman–Crippen LogP) is 3.17. The lowest BCUT2D eigenvalue weighted by Crippen LogP contribution is -2.07. The molecule has 1 aromatic carbocycles. The number of rotatable bonds is 2. The Morgan fingerprint density at radius 3 is 2.61 bits per heavy atom. The van der Waals surface area contributed by atoms with E-state index in [1.54, 1.807) is 13.2 Å². The number of nitrogens with zero attached hydrogens (tertiary/aromatic N) is 2. The third-order valence-corrected chi connectivity index (χ3v) is 3.24. The molecule has 1 aromatic heterocycles. The van der Waals surface area contributed by atoms with Gasteiger partial charge < -0.3 is 5.73 Å². The fraction of sp³-hybridized carbons (Fsp3) is 0.182. The lowest BCUT2D eigenvalue weighted by Gasteiger charge is -2.12. The van der Waals surface area contributed by atoms with Gasteiger partial charge in [0.25, 0.3) is 0 Å². The number of alkyl halides is 3. The number of hydrogen-bond donors (Lipinski definition) is 1. The second-order valence-corrected chi connectivity index (χ2v) is 4.82. The zero-order valence-corrected chi connectivity index (χ0v) is 10.2. The van der Waals surface area contributed by atoms with Gasteiger partial charge in [0.1, 0.15) is 0 Å². The fourth-order valence-electron chi connectivity index (χ4n) is 1.44. The van der Waals surface area contributed by atoms with E-state index in [4.69, 9.17) is 5.73 Å². The van der Waals surface area contributed by atoms with Crippen molar-refractivity contribution in [3.05, 3.63) is 36.2 Å². The molecule has 0 saturated carbocycles. The van der Waals surface area contributed by atoms with Crippen molar-refractivity contribution >= 4 is 17.4 Å². The number of aryl methyl sites for hydroxylation is 1. The third-order valence-electron chi connectivity index (χ3n) is 2.22. The van der Waals surface area contributed by atoms with Crippen LogP contribution in [0.2, 0.25) is 0 Å². The van der Waals surface area contributed by atoms with Crippen LogP contribution in [0.1, 0.15) is 5.56 Å². The Hall–Kier alpha value is -1.63. The smallest absolute Gasteiger partial charge is 0.399 e. The van der Waals surface area contributed by atoms with Crippen LogP contribution >= 0.6 is 11.8 Å². The highest BCUT2D eigenvalue weighted by molar-refractivity contribution is 7.99. The molecular weight excluding hydrogens is 263 g/mol. The molecule has 0 bridgehead atoms. The number of benzene rings is 1. The molecule has 96 valence electrons. The van der Waals surface area contributed by atoms with Crippen LogP contribution in [0, 0.1) is 0 Å². The number of nitrogen functional groups attached to an aromatic ring is 1. The normalized spacial score (nSPS) is 11.8. The summed E-state index contributed by atoms with van der Waals surface area (Å²) in [5.74, 6) is 0. The van der Waals surface area contributed by atoms with E-state index < -0.39 is 11.7 Å². The van der Waals surface area contributed by atoms with E-state index in [1.165, 1.54) is 23.0 Å². The lowest BCUT2D eigenvalue weighted by molar-refractivity contribution is -0.139. The molecule has 2 rings (SSSR count). The molecule has 2 N–H and O–H groups in total. The van der Waals surface area contributed by atoms with Gasteiger partial charge in [0.05, 0.1) is 16.7 Å². The first kappa shape index (κ1) is 12.8. The minimum Gasteiger partial charge on any atom is -0.399 e. The van der Waals surface area contributed by atoms with Gasteiger partial charge in [-0.25, -0.2) is 0 Å². The Kier molecular flexibility index (Phi) is 3.25. The molecule has 7 heteroatoms. The minimum absolute atomic E-state index is 0.0952. The van der Waals surface area contributed by atoms with Crippen LogP contribution in [0.3, 0.4) is 0 Å². The van der Waals surface area contributed by atoms with E-state index in [2.05, 4.69) is 5.10 Å². The third kappa shape index (κ3) is 2.79. The number of anilines is 1. The highest BCUT2D eigenvalue weighted by atomic mass is 32.2. The van der Waals surface area contributed by atoms with Crippen LogP contribution in [0.4, 0.5) is 18.9 Å². The fourth-order valence-corrected chi connectivity index (χ4v) is 2.42. The van der Waals surface area contributed by atoms with Crippen molar-refractivity contribution in [1.29, 1.82) is 0 Å². The predicted molar refractivity (Wildman–Crippen MR) is 63.2 cm³/mol. The summed E-state index contributed by atoms with van der Waals surface area (Å²) in [7, 11) is 1.71. The quantitative estimate of drug-likeness (QED) is 0.855. The molecule has 0 unspecified atom stereocenters. The SMILES string of the molecule is Cn1cc(Sc2ccc(N)cc2C(F)(F)F)cn1. The first-order chi connectivity index (χ1) is 8.36. The maximum absolute atomic E-state index is 12.8. The average Bonchev–Trinajstić information content (AvgIpc) is 2.65. The van der Waals surface area contributed by atoms with E-state index in [-0.39, 0.29) is 10.6 Å². The van der Waals surface area contributed by atoms with Crippen molar-refractivity contribution < 1.29 is 13.2 Å². The second kappa shape index (κ2) is 4.56. The first-order valence-electron chi connectivity index (χ1n) is 4.99. The van der Waals surface area contributed by atoms with Gasteiger partial charge in [-0.05, 0) is 18.2 Å². The Morgan fingerprint density at radius 1 is 1.33 bits per heavy atom. The van der Waals surface area contributed by atoms with Crippen molar-refractivity contribution in [2.75, 3.05) is 5.73 Å². The molecule has 0 saturated heterocycles. The summed E-state index contributed by atoms with van der Waals surface area (Å²) >= 11 is 1.01. The van der Waals surface area contributed by atoms with Crippen LogP contribution in [-0.2, 0) is 13.2 Å². The minimum atomic E-state index is -4.42. The lowest BCUT2D eigenvalue weighted by atomic mass is 10.2. The van der Waals surface area contributed by atoms with Gasteiger partial charge in [-0.3, -0.25) is 4.68 Å². The summed E-state index contributed by atoms with van der Waals surface area (Å²) in [6.07, 6.45) is -1.25. The number of halogens is 3. The van der Waals surface area contributed by atoms with Crippen molar-refractivity contribution in [2.24, 2.45) is 7.05 Å². The maximum Gasteiger partial charge on any atom is 0.417 e. The Morgan fingerprint density at radius 2 is 2.06 bits per heavy atom. The monoisotopic (exact) mass is 273 g/mol. The standard InChI is InChI=1S/C11H10F3N3S/c1-17-6-8(5-16-17)18-10-3-2-7(15)4-9(10)11(12,13)14/h2-6H,15H2,1H3. The van der Waals surface area contributed by atoms with Crippen LogP contribution in [0.25, 0.3) is 0 Å². The molecule has 0 amide bonds. The summed E-state index contributed by atoms with van der Waals surface area (Å²) in [6.45, 7) is 0. The largest absolute Gasteiger partial charge is 0.417 e. The Balaban J connectivity index is 2.38. The molecule has 0 atom stereocenters. The van der Waals surface area contributed by atoms with Gasteiger partial charge in [0, 0.05) is 23.8 Å². The molecule has 0 fully saturated rings. The van der Waals surface area contributed by atoms with Crippen LogP contribution < -0.4 is 5.73 Å². The Labute approximate surface area is 106 Å². The van der Waals surface area contributed by atoms with Gasteiger partial charge in [0.2, 0.25) is 0 Å². The average molecular weight is 273 g/mol. The number of hydrogen-bond acceptors (Lipinski definition) is 3. The topological polar surface area (TPSA) is 43.8 Å². The number of nitrogens with two attached hydrogens (primary N) is 1. The Bertz CT molecular complexity index is 563. The van der Waals surface area contributed by atoms with Gasteiger partial charge in [-0.15, -0.1) is 0 Å². The summed E-state index contributed by atoms with van der Waals surface area (Å²) < 4.78 is 40.1. The zero-order chi connectivity index (χ0) is 13.3. The van der Waals surface area contributed by atoms with E-state index in [0.29, 0.717) is 4.90 Å². The molecule has 0 aliphatic heterocycles. The maximum atomic E-state index is 12.8. The van der Waals surface area contributed by atoms with Crippen LogP contribution in [0.15, 0.2) is 40.4 Å². The van der Waals surface area contributed by atoms with Gasteiger partial charge in [-0.1, -0.05) is 11.8 Å². The molecule has 2 aromatic rings. The highest BCUT2D eigenvalue weighted by Crippen LogP contribution is 2.40. The highest BCUT2D eigenvalue weighted by Gasteiger charge is 2.33. The van der Waals surface area contributed by atoms with E-state index in [0.717, 1.165) is 17.8 Å². The van der Waals surface area contributed by atoms with E-state index in [9.17, 15) is 13.2 Å². The molecule has 0 spiro atoms. The molecule has 1 heterocycles. The van der Waals surface area contributed by atoms with E-state index >= 15 is 0 Å². The summed E-state index contributed by atoms with van der Waals surface area (Å²) in [5.41, 5.74) is 4.77. The summed E-state index contributed by atoms with van der Waals surface area (Å²) in [6, 6.07) is 3.77. The van der Waals surface area contributed by atoms with Crippen molar-refractivity contribution in [2.45, 2.75) is 16.0 Å². The number of aromatic nitrogens is 2. The van der Waals surface area contributed by atoms with Gasteiger partial charge in [-0.2, -0.15) is 18.3 Å². The zero-order valence-electron chi connectivity index (χ0n) is 9.40. The summed E-state index contributed by atoms with van der Waals surface area (Å²) in [5, 5.41) is 3.91. The van der Waals surface area contributed by atoms with Crippen molar-refractivity contribution in [3.63, 3.8) is 0 Å². The van der Waals surface area contributed by atoms with Gasteiger partial charge >= 0.3 is 6.18 Å². The molecule has 18 heavy (non-hydrogen) atoms. The first-order valence-corrected chi connectivity index (χ1v) is 5.81. The van der Waals surface area contributed by atoms with Crippen LogP contribution in [-0.4, -0.2) is 9.78 Å². The molecule has 0 radical (unpaired) electrons. The molecular formula is C11H10F3N3S. The van der Waals surface area contributed by atoms with Gasteiger partial charge in [0.15, 0.2) is 0 Å². The summed E-state index contributed by atoms with van der Waals surface area (Å²) in [4.78, 5) is 0.762. The van der Waals surface area contributed by atoms with Crippen molar-refractivity contribution in [3.8, 4) is 0 Å². The van der Waals surface area contributed by atoms with E-state index in [1.807, 2.05) is 0 Å². The molecule has 0 aliphatic carbocycles. The van der Waals surface area contributed by atoms with Crippen LogP contribution in [0.5, 0.6) is 0 Å². The van der Waals surface area contributed by atoms with Crippen molar-refractivity contribution in [1.82, 2.24) is 9.78 Å².